The molecule has 1 atom stereocenters. The summed E-state index contributed by atoms with van der Waals surface area (Å²) in [5, 5.41) is 3.02. The van der Waals surface area contributed by atoms with Crippen LogP contribution in [0, 0.1) is 0 Å². The van der Waals surface area contributed by atoms with Gasteiger partial charge in [-0.1, -0.05) is 18.2 Å². The first-order valence-corrected chi connectivity index (χ1v) is 10.4. The summed E-state index contributed by atoms with van der Waals surface area (Å²) in [6.07, 6.45) is 5.18. The standard InChI is InChI=1S/C22H31N3O3/c1-16(19-8-7-18-5-3-4-6-20(18)15-19)23-21(27)9-10-22(28)25-13-11-24(12-14-25)17(2)26/h7-8,15-16H,3-6,9-14H2,1-2H3,(H,23,27)/t16-/m0/s1. The lowest BCUT2D eigenvalue weighted by Gasteiger charge is -2.34. The van der Waals surface area contributed by atoms with Crippen molar-refractivity contribution in [2.45, 2.75) is 58.4 Å². The highest BCUT2D eigenvalue weighted by Gasteiger charge is 2.23. The molecule has 0 radical (unpaired) electrons. The third kappa shape index (κ3) is 5.12. The van der Waals surface area contributed by atoms with E-state index in [1.807, 2.05) is 6.92 Å². The highest BCUT2D eigenvalue weighted by Crippen LogP contribution is 2.24. The Bertz CT molecular complexity index is 739. The predicted molar refractivity (Wildman–Crippen MR) is 108 cm³/mol. The molecule has 1 aliphatic carbocycles. The molecule has 152 valence electrons. The fraction of sp³-hybridized carbons (Fsp3) is 0.591. The number of carbonyl (C=O) groups is 3. The zero-order valence-corrected chi connectivity index (χ0v) is 17.0. The van der Waals surface area contributed by atoms with E-state index < -0.39 is 0 Å². The van der Waals surface area contributed by atoms with Gasteiger partial charge >= 0.3 is 0 Å². The highest BCUT2D eigenvalue weighted by molar-refractivity contribution is 5.84. The average molecular weight is 386 g/mol. The number of hydrogen-bond donors (Lipinski definition) is 1. The first kappa shape index (κ1) is 20.4. The molecule has 6 nitrogen and oxygen atoms in total. The Morgan fingerprint density at radius 1 is 0.964 bits per heavy atom. The highest BCUT2D eigenvalue weighted by atomic mass is 16.2. The van der Waals surface area contributed by atoms with Gasteiger partial charge in [-0.05, 0) is 49.3 Å². The number of hydrogen-bond acceptors (Lipinski definition) is 3. The van der Waals surface area contributed by atoms with Crippen molar-refractivity contribution in [2.24, 2.45) is 0 Å². The Morgan fingerprint density at radius 3 is 2.29 bits per heavy atom. The Labute approximate surface area is 167 Å². The van der Waals surface area contributed by atoms with E-state index in [1.165, 1.54) is 24.0 Å². The number of fused-ring (bicyclic) bond motifs is 1. The molecule has 1 aromatic rings. The van der Waals surface area contributed by atoms with Crippen LogP contribution in [0.3, 0.4) is 0 Å². The van der Waals surface area contributed by atoms with Crippen LogP contribution in [0.2, 0.25) is 0 Å². The van der Waals surface area contributed by atoms with Crippen molar-refractivity contribution in [3.63, 3.8) is 0 Å². The van der Waals surface area contributed by atoms with Crippen molar-refractivity contribution in [1.29, 1.82) is 0 Å². The van der Waals surface area contributed by atoms with Gasteiger partial charge in [-0.2, -0.15) is 0 Å². The van der Waals surface area contributed by atoms with Gasteiger partial charge in [0.15, 0.2) is 0 Å². The Morgan fingerprint density at radius 2 is 1.61 bits per heavy atom. The molecule has 1 fully saturated rings. The van der Waals surface area contributed by atoms with Crippen molar-refractivity contribution in [3.05, 3.63) is 34.9 Å². The van der Waals surface area contributed by atoms with Crippen LogP contribution < -0.4 is 5.32 Å². The van der Waals surface area contributed by atoms with E-state index in [9.17, 15) is 14.4 Å². The number of nitrogens with one attached hydrogen (secondary N) is 1. The maximum Gasteiger partial charge on any atom is 0.223 e. The molecule has 0 spiro atoms. The minimum Gasteiger partial charge on any atom is -0.350 e. The lowest BCUT2D eigenvalue weighted by molar-refractivity contribution is -0.139. The molecule has 1 saturated heterocycles. The lowest BCUT2D eigenvalue weighted by Crippen LogP contribution is -2.50. The van der Waals surface area contributed by atoms with Crippen molar-refractivity contribution in [2.75, 3.05) is 26.2 Å². The molecular formula is C22H31N3O3. The number of piperazine rings is 1. The van der Waals surface area contributed by atoms with Crippen molar-refractivity contribution in [3.8, 4) is 0 Å². The van der Waals surface area contributed by atoms with Crippen LogP contribution in [-0.2, 0) is 27.2 Å². The molecule has 3 amide bonds. The van der Waals surface area contributed by atoms with Gasteiger partial charge in [0.05, 0.1) is 6.04 Å². The van der Waals surface area contributed by atoms with Gasteiger partial charge in [-0.15, -0.1) is 0 Å². The van der Waals surface area contributed by atoms with Crippen LogP contribution in [0.5, 0.6) is 0 Å². The van der Waals surface area contributed by atoms with Gasteiger partial charge in [0.2, 0.25) is 17.7 Å². The summed E-state index contributed by atoms with van der Waals surface area (Å²) < 4.78 is 0. The molecule has 1 heterocycles. The van der Waals surface area contributed by atoms with Gasteiger partial charge in [0, 0.05) is 45.9 Å². The molecule has 6 heteroatoms. The zero-order chi connectivity index (χ0) is 20.1. The molecule has 0 aromatic heterocycles. The fourth-order valence-electron chi connectivity index (χ4n) is 4.07. The topological polar surface area (TPSA) is 69.7 Å². The van der Waals surface area contributed by atoms with Crippen LogP contribution in [0.4, 0.5) is 0 Å². The number of aryl methyl sites for hydroxylation is 2. The summed E-state index contributed by atoms with van der Waals surface area (Å²) in [6, 6.07) is 6.46. The van der Waals surface area contributed by atoms with E-state index in [2.05, 4.69) is 23.5 Å². The summed E-state index contributed by atoms with van der Waals surface area (Å²) in [5.74, 6) is -0.0663. The van der Waals surface area contributed by atoms with E-state index in [-0.39, 0.29) is 36.6 Å². The largest absolute Gasteiger partial charge is 0.350 e. The van der Waals surface area contributed by atoms with E-state index in [0.29, 0.717) is 26.2 Å². The normalized spacial score (nSPS) is 17.6. The second-order valence-corrected chi connectivity index (χ2v) is 7.91. The summed E-state index contributed by atoms with van der Waals surface area (Å²) in [6.45, 7) is 5.78. The molecule has 0 bridgehead atoms. The third-order valence-electron chi connectivity index (χ3n) is 5.89. The molecule has 28 heavy (non-hydrogen) atoms. The number of rotatable bonds is 5. The Kier molecular flexibility index (Phi) is 6.70. The zero-order valence-electron chi connectivity index (χ0n) is 17.0. The maximum absolute atomic E-state index is 12.3. The van der Waals surface area contributed by atoms with Crippen LogP contribution >= 0.6 is 0 Å². The van der Waals surface area contributed by atoms with E-state index in [1.54, 1.807) is 16.7 Å². The van der Waals surface area contributed by atoms with Crippen LogP contribution in [0.1, 0.15) is 62.3 Å². The second kappa shape index (κ2) is 9.22. The average Bonchev–Trinajstić information content (AvgIpc) is 2.71. The fourth-order valence-corrected chi connectivity index (χ4v) is 4.07. The smallest absolute Gasteiger partial charge is 0.223 e. The lowest BCUT2D eigenvalue weighted by atomic mass is 9.89. The quantitative estimate of drug-likeness (QED) is 0.845. The van der Waals surface area contributed by atoms with Gasteiger partial charge < -0.3 is 15.1 Å². The van der Waals surface area contributed by atoms with Crippen molar-refractivity contribution >= 4 is 17.7 Å². The second-order valence-electron chi connectivity index (χ2n) is 7.91. The monoisotopic (exact) mass is 385 g/mol. The molecule has 0 saturated carbocycles. The van der Waals surface area contributed by atoms with Crippen molar-refractivity contribution in [1.82, 2.24) is 15.1 Å². The Hall–Kier alpha value is -2.37. The van der Waals surface area contributed by atoms with E-state index in [4.69, 9.17) is 0 Å². The summed E-state index contributed by atoms with van der Waals surface area (Å²) in [5.41, 5.74) is 3.97. The van der Waals surface area contributed by atoms with Crippen LogP contribution in [-0.4, -0.2) is 53.7 Å². The first-order valence-electron chi connectivity index (χ1n) is 10.4. The molecule has 3 rings (SSSR count). The number of amides is 3. The molecule has 2 aliphatic rings. The summed E-state index contributed by atoms with van der Waals surface area (Å²) in [7, 11) is 0. The maximum atomic E-state index is 12.3. The minimum atomic E-state index is -0.0963. The van der Waals surface area contributed by atoms with Crippen molar-refractivity contribution < 1.29 is 14.4 Å². The summed E-state index contributed by atoms with van der Waals surface area (Å²) in [4.78, 5) is 39.5. The number of benzene rings is 1. The number of carbonyl (C=O) groups excluding carboxylic acids is 3. The third-order valence-corrected chi connectivity index (χ3v) is 5.89. The molecule has 0 unspecified atom stereocenters. The molecule has 1 aromatic carbocycles. The predicted octanol–water partition coefficient (Wildman–Crippen LogP) is 2.21. The number of nitrogens with zero attached hydrogens (tertiary/aromatic N) is 2. The molecule has 1 aliphatic heterocycles. The van der Waals surface area contributed by atoms with Gasteiger partial charge in [-0.25, -0.2) is 0 Å². The van der Waals surface area contributed by atoms with E-state index >= 15 is 0 Å². The van der Waals surface area contributed by atoms with E-state index in [0.717, 1.165) is 18.4 Å². The van der Waals surface area contributed by atoms with Gasteiger partial charge in [0.1, 0.15) is 0 Å². The van der Waals surface area contributed by atoms with Crippen LogP contribution in [0.15, 0.2) is 18.2 Å². The van der Waals surface area contributed by atoms with Gasteiger partial charge in [-0.3, -0.25) is 14.4 Å². The molecule has 1 N–H and O–H groups in total. The minimum absolute atomic E-state index is 0.0141. The summed E-state index contributed by atoms with van der Waals surface area (Å²) >= 11 is 0. The van der Waals surface area contributed by atoms with Crippen LogP contribution in [0.25, 0.3) is 0 Å². The molecular weight excluding hydrogens is 354 g/mol. The first-order chi connectivity index (χ1) is 13.4. The SMILES string of the molecule is CC(=O)N1CCN(C(=O)CCC(=O)N[C@@H](C)c2ccc3c(c2)CCCC3)CC1. The van der Waals surface area contributed by atoms with Gasteiger partial charge in [0.25, 0.3) is 0 Å². The Balaban J connectivity index is 1.44.